The third kappa shape index (κ3) is 8.85. The Hall–Kier alpha value is -3.31. The molecule has 0 aliphatic rings. The Morgan fingerprint density at radius 2 is 1.57 bits per heavy atom. The van der Waals surface area contributed by atoms with Crippen molar-refractivity contribution in [3.05, 3.63) is 100 Å². The normalized spacial score (nSPS) is 12.2. The van der Waals surface area contributed by atoms with Crippen molar-refractivity contribution in [1.29, 1.82) is 0 Å². The largest absolute Gasteiger partial charge is 0.354 e. The van der Waals surface area contributed by atoms with Crippen molar-refractivity contribution in [1.82, 2.24) is 10.2 Å². The molecule has 1 N–H and O–H groups in total. The van der Waals surface area contributed by atoms with Crippen LogP contribution in [0.25, 0.3) is 0 Å². The second-order valence-electron chi connectivity index (χ2n) is 9.86. The molecule has 0 saturated carbocycles. The van der Waals surface area contributed by atoms with E-state index in [1.807, 2.05) is 44.2 Å². The zero-order valence-electron chi connectivity index (χ0n) is 22.5. The number of benzene rings is 3. The smallest absolute Gasteiger partial charge is 0.244 e. The summed E-state index contributed by atoms with van der Waals surface area (Å²) in [6, 6.07) is 18.0. The molecule has 0 radical (unpaired) electrons. The van der Waals surface area contributed by atoms with Gasteiger partial charge in [-0.1, -0.05) is 72.2 Å². The molecule has 0 spiro atoms. The predicted octanol–water partition coefficient (Wildman–Crippen LogP) is 4.91. The minimum atomic E-state index is -4.09. The Bertz CT molecular complexity index is 1420. The second-order valence-corrected chi connectivity index (χ2v) is 12.7. The lowest BCUT2D eigenvalue weighted by atomic mass is 10.0. The van der Waals surface area contributed by atoms with Crippen LogP contribution in [0.15, 0.2) is 77.3 Å². The van der Waals surface area contributed by atoms with Gasteiger partial charge in [0.2, 0.25) is 21.8 Å². The van der Waals surface area contributed by atoms with Crippen LogP contribution in [0.2, 0.25) is 0 Å². The summed E-state index contributed by atoms with van der Waals surface area (Å²) < 4.78 is 54.6. The van der Waals surface area contributed by atoms with E-state index in [2.05, 4.69) is 21.2 Å². The average Bonchev–Trinajstić information content (AvgIpc) is 2.90. The Labute approximate surface area is 242 Å². The second kappa shape index (κ2) is 13.8. The number of hydrogen-bond donors (Lipinski definition) is 1. The van der Waals surface area contributed by atoms with Gasteiger partial charge in [-0.25, -0.2) is 17.2 Å². The number of hydrogen-bond acceptors (Lipinski definition) is 4. The van der Waals surface area contributed by atoms with Crippen molar-refractivity contribution in [3.63, 3.8) is 0 Å². The van der Waals surface area contributed by atoms with Crippen LogP contribution >= 0.6 is 15.9 Å². The van der Waals surface area contributed by atoms with Crippen LogP contribution < -0.4 is 9.62 Å². The molecule has 0 saturated heterocycles. The molecule has 40 heavy (non-hydrogen) atoms. The quantitative estimate of drug-likeness (QED) is 0.307. The van der Waals surface area contributed by atoms with Gasteiger partial charge in [-0.15, -0.1) is 0 Å². The summed E-state index contributed by atoms with van der Waals surface area (Å²) in [6.45, 7) is 3.57. The SMILES string of the molecule is CC(C)CNC(=O)C(Cc1ccccc1)N(Cc1ccc(Br)cc1)C(=O)CN(c1ccc(F)c(F)c1)S(C)(=O)=O. The van der Waals surface area contributed by atoms with E-state index in [9.17, 15) is 26.8 Å². The number of nitrogens with zero attached hydrogens (tertiary/aromatic N) is 2. The summed E-state index contributed by atoms with van der Waals surface area (Å²) >= 11 is 3.39. The van der Waals surface area contributed by atoms with Crippen molar-refractivity contribution >= 4 is 43.5 Å². The van der Waals surface area contributed by atoms with Crippen LogP contribution in [0, 0.1) is 17.6 Å². The molecular weight excluding hydrogens is 604 g/mol. The van der Waals surface area contributed by atoms with Crippen LogP contribution in [0.3, 0.4) is 0 Å². The molecule has 11 heteroatoms. The Morgan fingerprint density at radius 1 is 0.925 bits per heavy atom. The van der Waals surface area contributed by atoms with Gasteiger partial charge in [0, 0.05) is 30.0 Å². The molecule has 214 valence electrons. The van der Waals surface area contributed by atoms with Gasteiger partial charge in [0.1, 0.15) is 12.6 Å². The monoisotopic (exact) mass is 635 g/mol. The maximum atomic E-state index is 14.0. The Kier molecular flexibility index (Phi) is 10.8. The summed E-state index contributed by atoms with van der Waals surface area (Å²) in [7, 11) is -4.09. The molecule has 3 aromatic rings. The molecule has 0 bridgehead atoms. The van der Waals surface area contributed by atoms with Gasteiger partial charge in [-0.05, 0) is 41.3 Å². The number of amides is 2. The molecule has 0 aromatic heterocycles. The average molecular weight is 637 g/mol. The molecule has 3 rings (SSSR count). The lowest BCUT2D eigenvalue weighted by Gasteiger charge is -2.33. The van der Waals surface area contributed by atoms with E-state index in [-0.39, 0.29) is 30.5 Å². The molecule has 2 amide bonds. The third-order valence-corrected chi connectivity index (χ3v) is 7.76. The van der Waals surface area contributed by atoms with E-state index in [4.69, 9.17) is 0 Å². The van der Waals surface area contributed by atoms with Crippen molar-refractivity contribution < 1.29 is 26.8 Å². The van der Waals surface area contributed by atoms with E-state index >= 15 is 0 Å². The van der Waals surface area contributed by atoms with E-state index in [0.717, 1.165) is 34.5 Å². The minimum Gasteiger partial charge on any atom is -0.354 e. The minimum absolute atomic E-state index is 0.00803. The standard InChI is InChI=1S/C29H32BrF2N3O4S/c1-20(2)17-33-29(37)27(15-21-7-5-4-6-8-21)34(18-22-9-11-23(30)12-10-22)28(36)19-35(40(3,38)39)24-13-14-25(31)26(32)16-24/h4-14,16,20,27H,15,17-19H2,1-3H3,(H,33,37). The molecule has 0 heterocycles. The fourth-order valence-electron chi connectivity index (χ4n) is 4.02. The van der Waals surface area contributed by atoms with Crippen molar-refractivity contribution in [2.75, 3.05) is 23.7 Å². The van der Waals surface area contributed by atoms with Crippen molar-refractivity contribution in [2.45, 2.75) is 32.9 Å². The van der Waals surface area contributed by atoms with Crippen LogP contribution in [0.1, 0.15) is 25.0 Å². The zero-order chi connectivity index (χ0) is 29.4. The summed E-state index contributed by atoms with van der Waals surface area (Å²) in [4.78, 5) is 28.8. The van der Waals surface area contributed by atoms with E-state index < -0.39 is 40.2 Å². The first-order chi connectivity index (χ1) is 18.8. The van der Waals surface area contributed by atoms with Crippen LogP contribution in [0.4, 0.5) is 14.5 Å². The maximum absolute atomic E-state index is 14.0. The highest BCUT2D eigenvalue weighted by atomic mass is 79.9. The van der Waals surface area contributed by atoms with Crippen LogP contribution in [0.5, 0.6) is 0 Å². The Balaban J connectivity index is 2.05. The number of sulfonamides is 1. The van der Waals surface area contributed by atoms with Gasteiger partial charge in [0.15, 0.2) is 11.6 Å². The fourth-order valence-corrected chi connectivity index (χ4v) is 5.12. The highest BCUT2D eigenvalue weighted by molar-refractivity contribution is 9.10. The van der Waals surface area contributed by atoms with Gasteiger partial charge < -0.3 is 10.2 Å². The van der Waals surface area contributed by atoms with Gasteiger partial charge in [-0.2, -0.15) is 0 Å². The lowest BCUT2D eigenvalue weighted by Crippen LogP contribution is -2.53. The first kappa shape index (κ1) is 31.2. The molecule has 1 atom stereocenters. The predicted molar refractivity (Wildman–Crippen MR) is 155 cm³/mol. The molecule has 0 aliphatic heterocycles. The van der Waals surface area contributed by atoms with Crippen LogP contribution in [-0.2, 0) is 32.6 Å². The first-order valence-corrected chi connectivity index (χ1v) is 15.3. The number of carbonyl (C=O) groups excluding carboxylic acids is 2. The first-order valence-electron chi connectivity index (χ1n) is 12.6. The number of nitrogens with one attached hydrogen (secondary N) is 1. The summed E-state index contributed by atoms with van der Waals surface area (Å²) in [5, 5.41) is 2.90. The van der Waals surface area contributed by atoms with E-state index in [1.165, 1.54) is 4.90 Å². The topological polar surface area (TPSA) is 86.8 Å². The van der Waals surface area contributed by atoms with Crippen molar-refractivity contribution in [2.24, 2.45) is 5.92 Å². The third-order valence-electron chi connectivity index (χ3n) is 6.09. The molecular formula is C29H32BrF2N3O4S. The van der Waals surface area contributed by atoms with Gasteiger partial charge >= 0.3 is 0 Å². The zero-order valence-corrected chi connectivity index (χ0v) is 24.9. The summed E-state index contributed by atoms with van der Waals surface area (Å²) in [6.07, 6.45) is 1.05. The highest BCUT2D eigenvalue weighted by Gasteiger charge is 2.33. The molecule has 1 unspecified atom stereocenters. The Morgan fingerprint density at radius 3 is 2.15 bits per heavy atom. The number of halogens is 3. The van der Waals surface area contributed by atoms with Gasteiger partial charge in [0.25, 0.3) is 0 Å². The van der Waals surface area contributed by atoms with Crippen molar-refractivity contribution in [3.8, 4) is 0 Å². The lowest BCUT2D eigenvalue weighted by molar-refractivity contribution is -0.140. The number of carbonyl (C=O) groups is 2. The highest BCUT2D eigenvalue weighted by Crippen LogP contribution is 2.23. The van der Waals surface area contributed by atoms with Gasteiger partial charge in [0.05, 0.1) is 11.9 Å². The fraction of sp³-hybridized carbons (Fsp3) is 0.310. The molecule has 0 fully saturated rings. The van der Waals surface area contributed by atoms with Crippen LogP contribution in [-0.4, -0.2) is 50.5 Å². The van der Waals surface area contributed by atoms with E-state index in [0.29, 0.717) is 16.4 Å². The maximum Gasteiger partial charge on any atom is 0.244 e. The van der Waals surface area contributed by atoms with Gasteiger partial charge in [-0.3, -0.25) is 13.9 Å². The molecule has 3 aromatic carbocycles. The summed E-state index contributed by atoms with van der Waals surface area (Å²) in [5.41, 5.74) is 1.31. The summed E-state index contributed by atoms with van der Waals surface area (Å²) in [5.74, 6) is -3.31. The number of anilines is 1. The molecule has 0 aliphatic carbocycles. The van der Waals surface area contributed by atoms with E-state index in [1.54, 1.807) is 24.3 Å². The number of rotatable bonds is 12. The molecule has 7 nitrogen and oxygen atoms in total.